The minimum atomic E-state index is -1.14. The smallest absolute Gasteiger partial charge is 0.233 e. The van der Waals surface area contributed by atoms with Crippen molar-refractivity contribution in [1.82, 2.24) is 4.90 Å². The van der Waals surface area contributed by atoms with Gasteiger partial charge < -0.3 is 34.0 Å². The molecule has 1 aromatic rings. The number of hydrogen-bond donors (Lipinski definition) is 3. The predicted molar refractivity (Wildman–Crippen MR) is 123 cm³/mol. The van der Waals surface area contributed by atoms with Crippen molar-refractivity contribution >= 4 is 17.5 Å². The number of carbonyl (C=O) groups is 2. The molecule has 2 aliphatic heterocycles. The summed E-state index contributed by atoms with van der Waals surface area (Å²) in [6.45, 7) is 1.01. The lowest BCUT2D eigenvalue weighted by Crippen LogP contribution is -2.54. The lowest BCUT2D eigenvalue weighted by Gasteiger charge is -2.45. The molecule has 5 rings (SSSR count). The number of oxime groups is 1. The molecule has 1 aromatic heterocycles. The van der Waals surface area contributed by atoms with E-state index in [0.29, 0.717) is 30.9 Å². The molecular formula is C25H34N2O9. The SMILES string of the molecule is O=C1[C@H]2[C@H]3[C@H](O)[C@H](O)CC(=NOC[C@@H](O)COCc4ccco4)[C@@H]3CC[C@H]2C(=O)N1C[C@@H]1CCCO1. The average molecular weight is 507 g/mol. The van der Waals surface area contributed by atoms with Crippen LogP contribution in [0.3, 0.4) is 0 Å². The number of amides is 2. The van der Waals surface area contributed by atoms with Gasteiger partial charge in [0.05, 0.1) is 55.3 Å². The third-order valence-electron chi connectivity index (χ3n) is 7.86. The molecule has 2 saturated heterocycles. The van der Waals surface area contributed by atoms with Crippen LogP contribution in [0.4, 0.5) is 0 Å². The maximum Gasteiger partial charge on any atom is 0.233 e. The third-order valence-corrected chi connectivity index (χ3v) is 7.86. The number of furan rings is 1. The van der Waals surface area contributed by atoms with Crippen molar-refractivity contribution in [3.63, 3.8) is 0 Å². The fourth-order valence-corrected chi connectivity index (χ4v) is 6.16. The lowest BCUT2D eigenvalue weighted by molar-refractivity contribution is -0.143. The zero-order valence-electron chi connectivity index (χ0n) is 20.1. The maximum atomic E-state index is 13.4. The summed E-state index contributed by atoms with van der Waals surface area (Å²) in [4.78, 5) is 33.2. The average Bonchev–Trinajstić information content (AvgIpc) is 3.62. The summed E-state index contributed by atoms with van der Waals surface area (Å²) in [5.41, 5.74) is 0.540. The normalized spacial score (nSPS) is 36.2. The van der Waals surface area contributed by atoms with Gasteiger partial charge in [0, 0.05) is 24.9 Å². The molecule has 3 N–H and O–H groups in total. The fraction of sp³-hybridized carbons (Fsp3) is 0.720. The number of fused-ring (bicyclic) bond motifs is 3. The van der Waals surface area contributed by atoms with Gasteiger partial charge in [-0.05, 0) is 37.8 Å². The molecule has 11 heteroatoms. The summed E-state index contributed by atoms with van der Waals surface area (Å²) in [5.74, 6) is -1.98. The Bertz CT molecular complexity index is 945. The van der Waals surface area contributed by atoms with Crippen LogP contribution in [-0.4, -0.2) is 88.5 Å². The van der Waals surface area contributed by atoms with Gasteiger partial charge in [0.25, 0.3) is 0 Å². The first-order valence-electron chi connectivity index (χ1n) is 12.7. The number of aliphatic hydroxyl groups excluding tert-OH is 3. The van der Waals surface area contributed by atoms with Crippen LogP contribution in [0.1, 0.15) is 37.9 Å². The minimum absolute atomic E-state index is 0.0276. The summed E-state index contributed by atoms with van der Waals surface area (Å²) >= 11 is 0. The van der Waals surface area contributed by atoms with Gasteiger partial charge in [-0.1, -0.05) is 5.16 Å². The van der Waals surface area contributed by atoms with Gasteiger partial charge in [0.2, 0.25) is 11.8 Å². The second kappa shape index (κ2) is 11.0. The van der Waals surface area contributed by atoms with Crippen molar-refractivity contribution in [2.75, 3.05) is 26.4 Å². The summed E-state index contributed by atoms with van der Waals surface area (Å²) in [5, 5.41) is 35.8. The van der Waals surface area contributed by atoms with Crippen LogP contribution in [0.25, 0.3) is 0 Å². The number of aliphatic hydroxyl groups is 3. The highest BCUT2D eigenvalue weighted by Crippen LogP contribution is 2.49. The van der Waals surface area contributed by atoms with Crippen molar-refractivity contribution in [2.24, 2.45) is 28.8 Å². The van der Waals surface area contributed by atoms with Crippen LogP contribution in [-0.2, 0) is 30.5 Å². The third kappa shape index (κ3) is 5.08. The van der Waals surface area contributed by atoms with Gasteiger partial charge in [0.1, 0.15) is 25.1 Å². The van der Waals surface area contributed by atoms with Crippen LogP contribution in [0, 0.1) is 23.7 Å². The largest absolute Gasteiger partial charge is 0.467 e. The molecule has 0 unspecified atom stereocenters. The molecule has 2 aliphatic carbocycles. The van der Waals surface area contributed by atoms with Crippen LogP contribution >= 0.6 is 0 Å². The van der Waals surface area contributed by atoms with Gasteiger partial charge in [0.15, 0.2) is 0 Å². The highest BCUT2D eigenvalue weighted by Gasteiger charge is 2.59. The van der Waals surface area contributed by atoms with Crippen LogP contribution in [0.15, 0.2) is 28.0 Å². The Kier molecular flexibility index (Phi) is 7.73. The molecule has 4 aliphatic rings. The van der Waals surface area contributed by atoms with Gasteiger partial charge in [-0.15, -0.1) is 0 Å². The van der Waals surface area contributed by atoms with Crippen molar-refractivity contribution < 1.29 is 43.6 Å². The number of hydrogen-bond acceptors (Lipinski definition) is 10. The van der Waals surface area contributed by atoms with E-state index in [0.717, 1.165) is 12.8 Å². The summed E-state index contributed by atoms with van der Waals surface area (Å²) < 4.78 is 16.2. The summed E-state index contributed by atoms with van der Waals surface area (Å²) in [6.07, 6.45) is 1.11. The van der Waals surface area contributed by atoms with Gasteiger partial charge >= 0.3 is 0 Å². The van der Waals surface area contributed by atoms with Crippen LogP contribution in [0.2, 0.25) is 0 Å². The van der Waals surface area contributed by atoms with Gasteiger partial charge in [-0.2, -0.15) is 0 Å². The van der Waals surface area contributed by atoms with E-state index >= 15 is 0 Å². The molecule has 2 saturated carbocycles. The zero-order valence-corrected chi connectivity index (χ0v) is 20.1. The first-order valence-corrected chi connectivity index (χ1v) is 12.7. The van der Waals surface area contributed by atoms with E-state index in [4.69, 9.17) is 18.7 Å². The number of nitrogens with zero attached hydrogens (tertiary/aromatic N) is 2. The summed E-state index contributed by atoms with van der Waals surface area (Å²) in [7, 11) is 0. The van der Waals surface area contributed by atoms with E-state index in [1.807, 2.05) is 0 Å². The second-order valence-corrected chi connectivity index (χ2v) is 10.2. The minimum Gasteiger partial charge on any atom is -0.467 e. The first kappa shape index (κ1) is 25.3. The standard InChI is InChI=1S/C25H34N2O9/c28-14(11-33-13-16-4-2-8-35-16)12-36-26-19-9-20(29)23(30)21-17(19)5-6-18-22(21)25(32)27(24(18)31)10-15-3-1-7-34-15/h2,4,8,14-15,17-18,20-23,28-30H,1,3,5-7,9-13H2/t14-,15-,17-,18+,20+,21-,22+,23+/m0/s1. The zero-order chi connectivity index (χ0) is 25.2. The Labute approximate surface area is 209 Å². The molecule has 3 heterocycles. The monoisotopic (exact) mass is 506 g/mol. The molecule has 4 fully saturated rings. The van der Waals surface area contributed by atoms with Gasteiger partial charge in [-0.3, -0.25) is 14.5 Å². The van der Waals surface area contributed by atoms with E-state index in [-0.39, 0.29) is 56.6 Å². The second-order valence-electron chi connectivity index (χ2n) is 10.2. The summed E-state index contributed by atoms with van der Waals surface area (Å²) in [6, 6.07) is 3.52. The molecule has 8 atom stereocenters. The van der Waals surface area contributed by atoms with Gasteiger partial charge in [-0.25, -0.2) is 0 Å². The van der Waals surface area contributed by atoms with Crippen molar-refractivity contribution in [1.29, 1.82) is 0 Å². The van der Waals surface area contributed by atoms with Crippen molar-refractivity contribution in [2.45, 2.75) is 63.1 Å². The number of rotatable bonds is 9. The molecule has 0 aromatic carbocycles. The Morgan fingerprint density at radius 3 is 2.72 bits per heavy atom. The maximum absolute atomic E-state index is 13.4. The highest BCUT2D eigenvalue weighted by atomic mass is 16.6. The molecule has 11 nitrogen and oxygen atoms in total. The Morgan fingerprint density at radius 1 is 1.14 bits per heavy atom. The van der Waals surface area contributed by atoms with E-state index in [1.54, 1.807) is 18.4 Å². The van der Waals surface area contributed by atoms with E-state index in [2.05, 4.69) is 5.16 Å². The van der Waals surface area contributed by atoms with E-state index in [1.165, 1.54) is 4.90 Å². The Hall–Kier alpha value is -2.31. The van der Waals surface area contributed by atoms with E-state index in [9.17, 15) is 24.9 Å². The van der Waals surface area contributed by atoms with E-state index < -0.39 is 36.1 Å². The first-order chi connectivity index (χ1) is 17.4. The number of ether oxygens (including phenoxy) is 2. The topological polar surface area (TPSA) is 151 Å². The quantitative estimate of drug-likeness (QED) is 0.320. The van der Waals surface area contributed by atoms with Crippen LogP contribution in [0.5, 0.6) is 0 Å². The lowest BCUT2D eigenvalue weighted by atomic mass is 9.60. The fourth-order valence-electron chi connectivity index (χ4n) is 6.16. The van der Waals surface area contributed by atoms with Crippen molar-refractivity contribution in [3.8, 4) is 0 Å². The predicted octanol–water partition coefficient (Wildman–Crippen LogP) is 0.462. The Morgan fingerprint density at radius 2 is 1.97 bits per heavy atom. The molecule has 2 amide bonds. The molecule has 198 valence electrons. The molecule has 36 heavy (non-hydrogen) atoms. The van der Waals surface area contributed by atoms with Crippen molar-refractivity contribution in [3.05, 3.63) is 24.2 Å². The number of imide groups is 1. The Balaban J connectivity index is 1.21. The van der Waals surface area contributed by atoms with Crippen LogP contribution < -0.4 is 0 Å². The molecule has 0 radical (unpaired) electrons. The molecular weight excluding hydrogens is 472 g/mol. The highest BCUT2D eigenvalue weighted by molar-refractivity contribution is 6.06. The molecule has 0 spiro atoms. The number of likely N-dealkylation sites (tertiary alicyclic amines) is 1. The molecule has 0 bridgehead atoms. The number of carbonyl (C=O) groups excluding carboxylic acids is 2.